The molecule has 0 amide bonds. The molecule has 110 valence electrons. The fourth-order valence-corrected chi connectivity index (χ4v) is 3.78. The monoisotopic (exact) mass is 296 g/mol. The molecule has 0 saturated carbocycles. The molecule has 6 nitrogen and oxygen atoms in total. The second-order valence-corrected chi connectivity index (χ2v) is 6.88. The molecule has 0 aromatic heterocycles. The highest BCUT2D eigenvalue weighted by atomic mass is 32.2. The summed E-state index contributed by atoms with van der Waals surface area (Å²) in [6.07, 6.45) is 0. The van der Waals surface area contributed by atoms with Gasteiger partial charge in [-0.1, -0.05) is 0 Å². The molecule has 0 radical (unpaired) electrons. The van der Waals surface area contributed by atoms with E-state index in [0.717, 1.165) is 0 Å². The van der Waals surface area contributed by atoms with Crippen molar-refractivity contribution in [3.63, 3.8) is 0 Å². The van der Waals surface area contributed by atoms with Crippen molar-refractivity contribution in [2.75, 3.05) is 19.0 Å². The average Bonchev–Trinajstić information content (AvgIpc) is 2.36. The van der Waals surface area contributed by atoms with Gasteiger partial charge in [0.25, 0.3) is 0 Å². The number of benzene rings is 1. The minimum Gasteiger partial charge on any atom is -0.324 e. The maximum absolute atomic E-state index is 12.6. The van der Waals surface area contributed by atoms with Crippen LogP contribution in [0.3, 0.4) is 0 Å². The van der Waals surface area contributed by atoms with Gasteiger partial charge < -0.3 is 5.43 Å². The van der Waals surface area contributed by atoms with Crippen molar-refractivity contribution in [1.82, 2.24) is 4.31 Å². The summed E-state index contributed by atoms with van der Waals surface area (Å²) in [5.74, 6) is 4.98. The molecule has 0 aliphatic rings. The van der Waals surface area contributed by atoms with Crippen molar-refractivity contribution in [2.45, 2.75) is 25.7 Å². The summed E-state index contributed by atoms with van der Waals surface area (Å²) in [6.45, 7) is 5.30. The number of anilines is 1. The molecule has 0 bridgehead atoms. The number of sulfonamides is 1. The number of nitrogens with zero attached hydrogens (tertiary/aromatic N) is 2. The first-order valence-corrected chi connectivity index (χ1v) is 7.61. The van der Waals surface area contributed by atoms with Gasteiger partial charge in [-0.2, -0.15) is 9.57 Å². The summed E-state index contributed by atoms with van der Waals surface area (Å²) in [4.78, 5) is 0.268. The van der Waals surface area contributed by atoms with Crippen molar-refractivity contribution >= 4 is 15.7 Å². The standard InChI is InChI=1S/C13H20N4O2S/c1-9(7-14)8-17(4)20(18,19)13-10(2)5-12(16-15)6-11(13)3/h5-6,9,16H,8,15H2,1-4H3. The van der Waals surface area contributed by atoms with E-state index in [1.165, 1.54) is 11.4 Å². The van der Waals surface area contributed by atoms with Crippen molar-refractivity contribution < 1.29 is 8.42 Å². The minimum atomic E-state index is -3.62. The quantitative estimate of drug-likeness (QED) is 0.631. The van der Waals surface area contributed by atoms with Crippen LogP contribution in [0.15, 0.2) is 17.0 Å². The maximum Gasteiger partial charge on any atom is 0.243 e. The molecule has 20 heavy (non-hydrogen) atoms. The molecule has 1 rings (SSSR count). The number of hydrogen-bond acceptors (Lipinski definition) is 5. The van der Waals surface area contributed by atoms with Gasteiger partial charge >= 0.3 is 0 Å². The highest BCUT2D eigenvalue weighted by Crippen LogP contribution is 2.26. The minimum absolute atomic E-state index is 0.161. The van der Waals surface area contributed by atoms with Gasteiger partial charge in [-0.3, -0.25) is 5.84 Å². The first kappa shape index (κ1) is 16.4. The van der Waals surface area contributed by atoms with E-state index in [2.05, 4.69) is 5.43 Å². The van der Waals surface area contributed by atoms with Gasteiger partial charge in [-0.15, -0.1) is 0 Å². The molecule has 1 aromatic carbocycles. The molecule has 0 spiro atoms. The molecule has 1 atom stereocenters. The molecule has 1 aromatic rings. The molecule has 0 heterocycles. The van der Waals surface area contributed by atoms with E-state index < -0.39 is 10.0 Å². The lowest BCUT2D eigenvalue weighted by Gasteiger charge is -2.21. The Bertz CT molecular complexity index is 611. The lowest BCUT2D eigenvalue weighted by atomic mass is 10.1. The van der Waals surface area contributed by atoms with Crippen LogP contribution in [0.5, 0.6) is 0 Å². The normalized spacial score (nSPS) is 13.1. The summed E-state index contributed by atoms with van der Waals surface area (Å²) in [6, 6.07) is 5.40. The van der Waals surface area contributed by atoms with Crippen LogP contribution in [0, 0.1) is 31.1 Å². The average molecular weight is 296 g/mol. The third-order valence-corrected chi connectivity index (χ3v) is 5.18. The lowest BCUT2D eigenvalue weighted by molar-refractivity contribution is 0.438. The summed E-state index contributed by atoms with van der Waals surface area (Å²) < 4.78 is 26.4. The van der Waals surface area contributed by atoms with Crippen LogP contribution < -0.4 is 11.3 Å². The van der Waals surface area contributed by atoms with Crippen LogP contribution in [-0.2, 0) is 10.0 Å². The number of nitrogens with one attached hydrogen (secondary N) is 1. The van der Waals surface area contributed by atoms with Gasteiger partial charge in [-0.25, -0.2) is 8.42 Å². The molecule has 0 fully saturated rings. The lowest BCUT2D eigenvalue weighted by Crippen LogP contribution is -2.31. The fraction of sp³-hybridized carbons (Fsp3) is 0.462. The number of hydrazine groups is 1. The van der Waals surface area contributed by atoms with Gasteiger partial charge in [0.15, 0.2) is 0 Å². The number of rotatable bonds is 5. The van der Waals surface area contributed by atoms with Gasteiger partial charge in [0, 0.05) is 19.3 Å². The third kappa shape index (κ3) is 3.28. The Morgan fingerprint density at radius 2 is 1.90 bits per heavy atom. The Balaban J connectivity index is 3.26. The van der Waals surface area contributed by atoms with E-state index in [-0.39, 0.29) is 17.4 Å². The first-order chi connectivity index (χ1) is 9.23. The van der Waals surface area contributed by atoms with Crippen LogP contribution in [0.2, 0.25) is 0 Å². The van der Waals surface area contributed by atoms with E-state index in [9.17, 15) is 8.42 Å². The number of nitriles is 1. The zero-order valence-electron chi connectivity index (χ0n) is 12.1. The van der Waals surface area contributed by atoms with Gasteiger partial charge in [0.1, 0.15) is 0 Å². The first-order valence-electron chi connectivity index (χ1n) is 6.17. The molecular weight excluding hydrogens is 276 g/mol. The van der Waals surface area contributed by atoms with Crippen molar-refractivity contribution in [3.05, 3.63) is 23.3 Å². The van der Waals surface area contributed by atoms with Crippen LogP contribution in [-0.4, -0.2) is 26.3 Å². The second kappa shape index (κ2) is 6.22. The van der Waals surface area contributed by atoms with E-state index in [1.807, 2.05) is 6.07 Å². The summed E-state index contributed by atoms with van der Waals surface area (Å²) in [5.41, 5.74) is 4.41. The molecule has 7 heteroatoms. The Kier molecular flexibility index (Phi) is 5.11. The SMILES string of the molecule is Cc1cc(NN)cc(C)c1S(=O)(=O)N(C)CC(C)C#N. The third-order valence-electron chi connectivity index (χ3n) is 3.05. The van der Waals surface area contributed by atoms with E-state index in [0.29, 0.717) is 16.8 Å². The number of hydrogen-bond donors (Lipinski definition) is 2. The van der Waals surface area contributed by atoms with Crippen LogP contribution in [0.4, 0.5) is 5.69 Å². The number of nitrogens with two attached hydrogens (primary N) is 1. The maximum atomic E-state index is 12.6. The largest absolute Gasteiger partial charge is 0.324 e. The summed E-state index contributed by atoms with van der Waals surface area (Å²) in [7, 11) is -2.13. The molecule has 0 aliphatic carbocycles. The fourth-order valence-electron chi connectivity index (χ4n) is 2.12. The molecule has 1 unspecified atom stereocenters. The highest BCUT2D eigenvalue weighted by Gasteiger charge is 2.26. The predicted octanol–water partition coefficient (Wildman–Crippen LogP) is 1.37. The van der Waals surface area contributed by atoms with Crippen LogP contribution in [0.25, 0.3) is 0 Å². The Morgan fingerprint density at radius 3 is 2.30 bits per heavy atom. The van der Waals surface area contributed by atoms with E-state index >= 15 is 0 Å². The van der Waals surface area contributed by atoms with E-state index in [1.54, 1.807) is 32.9 Å². The van der Waals surface area contributed by atoms with Gasteiger partial charge in [-0.05, 0) is 44.0 Å². The summed E-state index contributed by atoms with van der Waals surface area (Å²) in [5, 5.41) is 8.80. The van der Waals surface area contributed by atoms with Crippen molar-refractivity contribution in [1.29, 1.82) is 5.26 Å². The molecule has 3 N–H and O–H groups in total. The Labute approximate surface area is 120 Å². The molecular formula is C13H20N4O2S. The van der Waals surface area contributed by atoms with Crippen LogP contribution in [0.1, 0.15) is 18.1 Å². The van der Waals surface area contributed by atoms with E-state index in [4.69, 9.17) is 11.1 Å². The smallest absolute Gasteiger partial charge is 0.243 e. The number of nitrogen functional groups attached to an aromatic ring is 1. The topological polar surface area (TPSA) is 99.2 Å². The molecule has 0 saturated heterocycles. The Hall–Kier alpha value is -1.62. The van der Waals surface area contributed by atoms with Crippen molar-refractivity contribution in [2.24, 2.45) is 11.8 Å². The van der Waals surface area contributed by atoms with Crippen LogP contribution >= 0.6 is 0 Å². The van der Waals surface area contributed by atoms with Gasteiger partial charge in [0.05, 0.1) is 16.9 Å². The van der Waals surface area contributed by atoms with Gasteiger partial charge in [0.2, 0.25) is 10.0 Å². The van der Waals surface area contributed by atoms with Crippen molar-refractivity contribution in [3.8, 4) is 6.07 Å². The highest BCUT2D eigenvalue weighted by molar-refractivity contribution is 7.89. The zero-order chi connectivity index (χ0) is 15.5. The number of aryl methyl sites for hydroxylation is 2. The molecule has 0 aliphatic heterocycles. The summed E-state index contributed by atoms with van der Waals surface area (Å²) >= 11 is 0. The zero-order valence-corrected chi connectivity index (χ0v) is 13.0. The predicted molar refractivity (Wildman–Crippen MR) is 78.3 cm³/mol. The Morgan fingerprint density at radius 1 is 1.40 bits per heavy atom. The second-order valence-electron chi connectivity index (χ2n) is 4.90.